The lowest BCUT2D eigenvalue weighted by Gasteiger charge is -2.07. The summed E-state index contributed by atoms with van der Waals surface area (Å²) >= 11 is 0. The lowest BCUT2D eigenvalue weighted by Crippen LogP contribution is -1.93. The molecule has 0 saturated carbocycles. The second kappa shape index (κ2) is 7.66. The monoisotopic (exact) mass is 341 g/mol. The van der Waals surface area contributed by atoms with E-state index in [-0.39, 0.29) is 6.04 Å². The number of benzene rings is 2. The molecule has 0 aliphatic carbocycles. The zero-order valence-electron chi connectivity index (χ0n) is 15.0. The van der Waals surface area contributed by atoms with Gasteiger partial charge in [0.1, 0.15) is 5.82 Å². The zero-order valence-corrected chi connectivity index (χ0v) is 15.0. The standard InChI is InChI=1S/C21H19N5/c1-14-8-10-17(11-9-14)15(2)25-26-21-12-20(23-16(3)24-21)19-7-5-4-6-18(19)13-22/h4-12,15H,1-3H3. The number of hydrogen-bond donors (Lipinski definition) is 0. The number of rotatable bonds is 4. The van der Waals surface area contributed by atoms with Crippen molar-refractivity contribution < 1.29 is 0 Å². The van der Waals surface area contributed by atoms with Gasteiger partial charge in [0.05, 0.1) is 23.4 Å². The van der Waals surface area contributed by atoms with E-state index < -0.39 is 0 Å². The van der Waals surface area contributed by atoms with E-state index in [4.69, 9.17) is 0 Å². The van der Waals surface area contributed by atoms with Crippen LogP contribution in [0.3, 0.4) is 0 Å². The summed E-state index contributed by atoms with van der Waals surface area (Å²) in [6, 6.07) is 19.5. The molecule has 0 spiro atoms. The highest BCUT2D eigenvalue weighted by Crippen LogP contribution is 2.26. The minimum atomic E-state index is -0.0688. The summed E-state index contributed by atoms with van der Waals surface area (Å²) in [5.41, 5.74) is 4.32. The van der Waals surface area contributed by atoms with Gasteiger partial charge in [-0.3, -0.25) is 0 Å². The van der Waals surface area contributed by atoms with Crippen molar-refractivity contribution in [2.75, 3.05) is 0 Å². The highest BCUT2D eigenvalue weighted by molar-refractivity contribution is 5.68. The Bertz CT molecular complexity index is 984. The molecule has 0 aliphatic heterocycles. The fourth-order valence-electron chi connectivity index (χ4n) is 2.60. The highest BCUT2D eigenvalue weighted by Gasteiger charge is 2.09. The quantitative estimate of drug-likeness (QED) is 0.590. The van der Waals surface area contributed by atoms with Gasteiger partial charge in [-0.05, 0) is 32.4 Å². The van der Waals surface area contributed by atoms with Crippen LogP contribution >= 0.6 is 0 Å². The molecule has 2 aromatic carbocycles. The van der Waals surface area contributed by atoms with E-state index in [2.05, 4.69) is 57.5 Å². The van der Waals surface area contributed by atoms with Gasteiger partial charge < -0.3 is 0 Å². The van der Waals surface area contributed by atoms with Crippen LogP contribution in [0.1, 0.15) is 35.5 Å². The van der Waals surface area contributed by atoms with Crippen molar-refractivity contribution in [3.05, 3.63) is 77.1 Å². The van der Waals surface area contributed by atoms with Crippen LogP contribution in [0.4, 0.5) is 5.82 Å². The molecule has 5 nitrogen and oxygen atoms in total. The van der Waals surface area contributed by atoms with Gasteiger partial charge >= 0.3 is 0 Å². The molecule has 1 aromatic heterocycles. The van der Waals surface area contributed by atoms with Crippen LogP contribution in [0.5, 0.6) is 0 Å². The van der Waals surface area contributed by atoms with Crippen LogP contribution in [-0.2, 0) is 0 Å². The van der Waals surface area contributed by atoms with Crippen molar-refractivity contribution in [2.24, 2.45) is 10.2 Å². The zero-order chi connectivity index (χ0) is 18.5. The molecular formula is C21H19N5. The largest absolute Gasteiger partial charge is 0.233 e. The molecule has 5 heteroatoms. The number of azo groups is 1. The molecule has 3 aromatic rings. The van der Waals surface area contributed by atoms with E-state index in [1.165, 1.54) is 5.56 Å². The lowest BCUT2D eigenvalue weighted by molar-refractivity contribution is 0.758. The van der Waals surface area contributed by atoms with Crippen molar-refractivity contribution in [2.45, 2.75) is 26.8 Å². The van der Waals surface area contributed by atoms with E-state index >= 15 is 0 Å². The molecule has 1 atom stereocenters. The van der Waals surface area contributed by atoms with Crippen LogP contribution in [0.25, 0.3) is 11.3 Å². The topological polar surface area (TPSA) is 74.3 Å². The number of aryl methyl sites for hydroxylation is 2. The summed E-state index contributed by atoms with van der Waals surface area (Å²) in [6.45, 7) is 5.86. The van der Waals surface area contributed by atoms with Gasteiger partial charge in [-0.1, -0.05) is 48.0 Å². The average molecular weight is 341 g/mol. The highest BCUT2D eigenvalue weighted by atomic mass is 15.2. The summed E-state index contributed by atoms with van der Waals surface area (Å²) in [5, 5.41) is 18.0. The third-order valence-electron chi connectivity index (χ3n) is 4.04. The summed E-state index contributed by atoms with van der Waals surface area (Å²) in [5.74, 6) is 1.08. The molecule has 1 heterocycles. The Balaban J connectivity index is 1.90. The fourth-order valence-corrected chi connectivity index (χ4v) is 2.60. The molecular weight excluding hydrogens is 322 g/mol. The van der Waals surface area contributed by atoms with Crippen molar-refractivity contribution >= 4 is 5.82 Å². The Morgan fingerprint density at radius 3 is 2.46 bits per heavy atom. The molecule has 0 fully saturated rings. The molecule has 0 N–H and O–H groups in total. The predicted octanol–water partition coefficient (Wildman–Crippen LogP) is 5.48. The van der Waals surface area contributed by atoms with Crippen molar-refractivity contribution in [1.29, 1.82) is 5.26 Å². The normalized spacial score (nSPS) is 12.1. The molecule has 0 amide bonds. The van der Waals surface area contributed by atoms with E-state index in [0.717, 1.165) is 11.1 Å². The van der Waals surface area contributed by atoms with E-state index in [0.29, 0.717) is 22.9 Å². The smallest absolute Gasteiger partial charge is 0.177 e. The molecule has 0 radical (unpaired) electrons. The maximum Gasteiger partial charge on any atom is 0.177 e. The number of hydrogen-bond acceptors (Lipinski definition) is 5. The van der Waals surface area contributed by atoms with Gasteiger partial charge in [-0.25, -0.2) is 9.97 Å². The Hall–Kier alpha value is -3.39. The van der Waals surface area contributed by atoms with Gasteiger partial charge in [-0.15, -0.1) is 5.11 Å². The van der Waals surface area contributed by atoms with Gasteiger partial charge in [0.2, 0.25) is 0 Å². The van der Waals surface area contributed by atoms with Gasteiger partial charge in [0.15, 0.2) is 5.82 Å². The van der Waals surface area contributed by atoms with Crippen LogP contribution in [0.15, 0.2) is 64.8 Å². The van der Waals surface area contributed by atoms with Gasteiger partial charge in [0.25, 0.3) is 0 Å². The van der Waals surface area contributed by atoms with Crippen LogP contribution in [-0.4, -0.2) is 9.97 Å². The molecule has 3 rings (SSSR count). The minimum absolute atomic E-state index is 0.0688. The summed E-state index contributed by atoms with van der Waals surface area (Å²) < 4.78 is 0. The predicted molar refractivity (Wildman–Crippen MR) is 101 cm³/mol. The molecule has 0 saturated heterocycles. The second-order valence-electron chi connectivity index (χ2n) is 6.12. The first kappa shape index (κ1) is 17.4. The molecule has 0 aliphatic rings. The van der Waals surface area contributed by atoms with Crippen LogP contribution in [0, 0.1) is 25.2 Å². The van der Waals surface area contributed by atoms with E-state index in [1.807, 2.05) is 25.1 Å². The lowest BCUT2D eigenvalue weighted by atomic mass is 10.1. The fraction of sp³-hybridized carbons (Fsp3) is 0.190. The first-order valence-corrected chi connectivity index (χ1v) is 8.39. The van der Waals surface area contributed by atoms with Crippen molar-refractivity contribution in [3.63, 3.8) is 0 Å². The van der Waals surface area contributed by atoms with Crippen molar-refractivity contribution in [3.8, 4) is 17.3 Å². The van der Waals surface area contributed by atoms with Gasteiger partial charge in [-0.2, -0.15) is 10.4 Å². The summed E-state index contributed by atoms with van der Waals surface area (Å²) in [4.78, 5) is 8.78. The SMILES string of the molecule is Cc1ccc(C(C)N=Nc2cc(-c3ccccc3C#N)nc(C)n2)cc1. The second-order valence-corrected chi connectivity index (χ2v) is 6.12. The van der Waals surface area contributed by atoms with E-state index in [1.54, 1.807) is 19.1 Å². The molecule has 26 heavy (non-hydrogen) atoms. The number of aromatic nitrogens is 2. The van der Waals surface area contributed by atoms with Crippen LogP contribution in [0.2, 0.25) is 0 Å². The average Bonchev–Trinajstić information content (AvgIpc) is 2.66. The Labute approximate surface area is 153 Å². The summed E-state index contributed by atoms with van der Waals surface area (Å²) in [7, 11) is 0. The van der Waals surface area contributed by atoms with E-state index in [9.17, 15) is 5.26 Å². The molecule has 1 unspecified atom stereocenters. The Morgan fingerprint density at radius 2 is 1.73 bits per heavy atom. The third kappa shape index (κ3) is 3.98. The number of nitrogens with zero attached hydrogens (tertiary/aromatic N) is 5. The summed E-state index contributed by atoms with van der Waals surface area (Å²) in [6.07, 6.45) is 0. The maximum atomic E-state index is 9.30. The Kier molecular flexibility index (Phi) is 5.14. The minimum Gasteiger partial charge on any atom is -0.233 e. The first-order valence-electron chi connectivity index (χ1n) is 8.39. The maximum absolute atomic E-state index is 9.30. The van der Waals surface area contributed by atoms with Gasteiger partial charge in [0, 0.05) is 11.6 Å². The van der Waals surface area contributed by atoms with Crippen molar-refractivity contribution in [1.82, 2.24) is 9.97 Å². The molecule has 128 valence electrons. The first-order chi connectivity index (χ1) is 12.6. The third-order valence-corrected chi connectivity index (χ3v) is 4.04. The van der Waals surface area contributed by atoms with Crippen LogP contribution < -0.4 is 0 Å². The number of nitriles is 1. The Morgan fingerprint density at radius 1 is 1.00 bits per heavy atom. The molecule has 0 bridgehead atoms.